The van der Waals surface area contributed by atoms with Gasteiger partial charge in [0.1, 0.15) is 12.4 Å². The highest BCUT2D eigenvalue weighted by Crippen LogP contribution is 2.08. The SMILES string of the molecule is Cl.O=C(OCCN1CCCCC1)c1ccc(F)cc1. The molecule has 0 amide bonds. The summed E-state index contributed by atoms with van der Waals surface area (Å²) in [4.78, 5) is 13.9. The van der Waals surface area contributed by atoms with Gasteiger partial charge in [-0.25, -0.2) is 9.18 Å². The lowest BCUT2D eigenvalue weighted by atomic mass is 10.1. The molecule has 3 nitrogen and oxygen atoms in total. The minimum Gasteiger partial charge on any atom is -0.461 e. The van der Waals surface area contributed by atoms with Gasteiger partial charge in [0.25, 0.3) is 0 Å². The molecule has 0 bridgehead atoms. The zero-order valence-electron chi connectivity index (χ0n) is 10.8. The molecule has 1 aromatic rings. The molecule has 19 heavy (non-hydrogen) atoms. The Bertz CT molecular complexity index is 391. The first-order chi connectivity index (χ1) is 8.75. The predicted octanol–water partition coefficient (Wildman–Crippen LogP) is 2.89. The molecule has 1 aromatic carbocycles. The van der Waals surface area contributed by atoms with E-state index < -0.39 is 0 Å². The van der Waals surface area contributed by atoms with Crippen LogP contribution in [0.15, 0.2) is 24.3 Å². The van der Waals surface area contributed by atoms with Gasteiger partial charge in [0.15, 0.2) is 0 Å². The first-order valence-corrected chi connectivity index (χ1v) is 6.41. The Kier molecular flexibility index (Phi) is 6.81. The van der Waals surface area contributed by atoms with E-state index in [2.05, 4.69) is 4.90 Å². The molecule has 5 heteroatoms. The lowest BCUT2D eigenvalue weighted by Gasteiger charge is -2.25. The molecule has 1 heterocycles. The number of rotatable bonds is 4. The number of carbonyl (C=O) groups excluding carboxylic acids is 1. The number of nitrogens with zero attached hydrogens (tertiary/aromatic N) is 1. The summed E-state index contributed by atoms with van der Waals surface area (Å²) in [5.74, 6) is -0.730. The molecule has 0 radical (unpaired) electrons. The molecule has 2 rings (SSSR count). The van der Waals surface area contributed by atoms with Crippen LogP contribution in [0.4, 0.5) is 4.39 Å². The minimum atomic E-state index is -0.382. The number of halogens is 2. The van der Waals surface area contributed by atoms with Crippen molar-refractivity contribution in [1.29, 1.82) is 0 Å². The van der Waals surface area contributed by atoms with Gasteiger partial charge in [-0.05, 0) is 50.2 Å². The van der Waals surface area contributed by atoms with E-state index in [1.54, 1.807) is 0 Å². The number of likely N-dealkylation sites (tertiary alicyclic amines) is 1. The molecule has 1 aliphatic rings. The van der Waals surface area contributed by atoms with Gasteiger partial charge in [0, 0.05) is 6.54 Å². The van der Waals surface area contributed by atoms with Crippen LogP contribution in [0.2, 0.25) is 0 Å². The summed E-state index contributed by atoms with van der Waals surface area (Å²) in [6, 6.07) is 5.42. The molecule has 1 saturated heterocycles. The maximum Gasteiger partial charge on any atom is 0.338 e. The van der Waals surface area contributed by atoms with Crippen molar-refractivity contribution >= 4 is 18.4 Å². The monoisotopic (exact) mass is 287 g/mol. The largest absolute Gasteiger partial charge is 0.461 e. The van der Waals surface area contributed by atoms with Gasteiger partial charge in [0.05, 0.1) is 5.56 Å². The quantitative estimate of drug-likeness (QED) is 0.798. The molecule has 0 atom stereocenters. The first-order valence-electron chi connectivity index (χ1n) is 6.41. The van der Waals surface area contributed by atoms with E-state index in [1.165, 1.54) is 43.5 Å². The van der Waals surface area contributed by atoms with E-state index in [9.17, 15) is 9.18 Å². The molecule has 0 aromatic heterocycles. The van der Waals surface area contributed by atoms with Crippen LogP contribution in [-0.4, -0.2) is 37.1 Å². The van der Waals surface area contributed by atoms with Gasteiger partial charge < -0.3 is 4.74 Å². The van der Waals surface area contributed by atoms with Gasteiger partial charge >= 0.3 is 5.97 Å². The van der Waals surface area contributed by atoms with Crippen molar-refractivity contribution in [3.63, 3.8) is 0 Å². The summed E-state index contributed by atoms with van der Waals surface area (Å²) in [6.07, 6.45) is 3.75. The normalized spacial score (nSPS) is 15.6. The molecule has 0 unspecified atom stereocenters. The van der Waals surface area contributed by atoms with E-state index in [1.807, 2.05) is 0 Å². The van der Waals surface area contributed by atoms with E-state index in [0.717, 1.165) is 19.6 Å². The van der Waals surface area contributed by atoms with Crippen molar-refractivity contribution in [3.8, 4) is 0 Å². The molecule has 1 fully saturated rings. The Morgan fingerprint density at radius 2 is 1.79 bits per heavy atom. The molecule has 0 spiro atoms. The van der Waals surface area contributed by atoms with E-state index in [-0.39, 0.29) is 24.2 Å². The van der Waals surface area contributed by atoms with E-state index in [0.29, 0.717) is 12.2 Å². The minimum absolute atomic E-state index is 0. The molecule has 1 aliphatic heterocycles. The Morgan fingerprint density at radius 3 is 2.42 bits per heavy atom. The van der Waals surface area contributed by atoms with Crippen LogP contribution >= 0.6 is 12.4 Å². The molecule has 0 saturated carbocycles. The third-order valence-corrected chi connectivity index (χ3v) is 3.17. The van der Waals surface area contributed by atoms with Crippen molar-refractivity contribution in [2.24, 2.45) is 0 Å². The van der Waals surface area contributed by atoms with Gasteiger partial charge in [-0.1, -0.05) is 6.42 Å². The van der Waals surface area contributed by atoms with Gasteiger partial charge in [-0.2, -0.15) is 0 Å². The number of carbonyl (C=O) groups is 1. The van der Waals surface area contributed by atoms with Crippen molar-refractivity contribution in [2.75, 3.05) is 26.2 Å². The average Bonchev–Trinajstić information content (AvgIpc) is 2.40. The highest BCUT2D eigenvalue weighted by atomic mass is 35.5. The Morgan fingerprint density at radius 1 is 1.16 bits per heavy atom. The molecule has 0 N–H and O–H groups in total. The first kappa shape index (κ1) is 15.9. The summed E-state index contributed by atoms with van der Waals surface area (Å²) >= 11 is 0. The zero-order chi connectivity index (χ0) is 12.8. The fourth-order valence-corrected chi connectivity index (χ4v) is 2.12. The highest BCUT2D eigenvalue weighted by molar-refractivity contribution is 5.89. The molecular formula is C14H19ClFNO2. The number of benzene rings is 1. The lowest BCUT2D eigenvalue weighted by Crippen LogP contribution is -2.33. The molecular weight excluding hydrogens is 269 g/mol. The second kappa shape index (κ2) is 8.12. The number of ether oxygens (including phenoxy) is 1. The third kappa shape index (κ3) is 5.17. The maximum absolute atomic E-state index is 12.7. The summed E-state index contributed by atoms with van der Waals surface area (Å²) < 4.78 is 17.9. The lowest BCUT2D eigenvalue weighted by molar-refractivity contribution is 0.0452. The summed E-state index contributed by atoms with van der Waals surface area (Å²) in [6.45, 7) is 3.37. The Balaban J connectivity index is 0.00000180. The molecule has 0 aliphatic carbocycles. The topological polar surface area (TPSA) is 29.5 Å². The van der Waals surface area contributed by atoms with Gasteiger partial charge in [0.2, 0.25) is 0 Å². The number of hydrogen-bond acceptors (Lipinski definition) is 3. The smallest absolute Gasteiger partial charge is 0.338 e. The van der Waals surface area contributed by atoms with Crippen LogP contribution in [0.3, 0.4) is 0 Å². The standard InChI is InChI=1S/C14H18FNO2.ClH/c15-13-6-4-12(5-7-13)14(17)18-11-10-16-8-2-1-3-9-16;/h4-7H,1-3,8-11H2;1H. The summed E-state index contributed by atoms with van der Waals surface area (Å²) in [5.41, 5.74) is 0.398. The fraction of sp³-hybridized carbons (Fsp3) is 0.500. The van der Waals surface area contributed by atoms with Crippen LogP contribution < -0.4 is 0 Å². The van der Waals surface area contributed by atoms with Gasteiger partial charge in [-0.15, -0.1) is 12.4 Å². The second-order valence-electron chi connectivity index (χ2n) is 4.55. The predicted molar refractivity (Wildman–Crippen MR) is 74.2 cm³/mol. The van der Waals surface area contributed by atoms with Crippen LogP contribution in [-0.2, 0) is 4.74 Å². The fourth-order valence-electron chi connectivity index (χ4n) is 2.12. The van der Waals surface area contributed by atoms with Crippen LogP contribution in [0.5, 0.6) is 0 Å². The van der Waals surface area contributed by atoms with Gasteiger partial charge in [-0.3, -0.25) is 4.90 Å². The van der Waals surface area contributed by atoms with Crippen LogP contribution in [0.25, 0.3) is 0 Å². The number of esters is 1. The summed E-state index contributed by atoms with van der Waals surface area (Å²) in [5, 5.41) is 0. The average molecular weight is 288 g/mol. The van der Waals surface area contributed by atoms with Crippen molar-refractivity contribution in [1.82, 2.24) is 4.90 Å². The van der Waals surface area contributed by atoms with Crippen molar-refractivity contribution < 1.29 is 13.9 Å². The number of hydrogen-bond donors (Lipinski definition) is 0. The van der Waals surface area contributed by atoms with Crippen LogP contribution in [0.1, 0.15) is 29.6 Å². The summed E-state index contributed by atoms with van der Waals surface area (Å²) in [7, 11) is 0. The maximum atomic E-state index is 12.7. The van der Waals surface area contributed by atoms with Crippen molar-refractivity contribution in [3.05, 3.63) is 35.6 Å². The Labute approximate surface area is 119 Å². The Hall–Kier alpha value is -1.13. The van der Waals surface area contributed by atoms with E-state index >= 15 is 0 Å². The van der Waals surface area contributed by atoms with Crippen LogP contribution in [0, 0.1) is 5.82 Å². The molecule has 106 valence electrons. The third-order valence-electron chi connectivity index (χ3n) is 3.17. The van der Waals surface area contributed by atoms with Crippen molar-refractivity contribution in [2.45, 2.75) is 19.3 Å². The zero-order valence-corrected chi connectivity index (χ0v) is 11.6. The van der Waals surface area contributed by atoms with E-state index in [4.69, 9.17) is 4.74 Å². The second-order valence-corrected chi connectivity index (χ2v) is 4.55. The highest BCUT2D eigenvalue weighted by Gasteiger charge is 2.11. The number of piperidine rings is 1.